The van der Waals surface area contributed by atoms with Crippen LogP contribution in [0.1, 0.15) is 6.92 Å². The van der Waals surface area contributed by atoms with Crippen molar-refractivity contribution in [3.05, 3.63) is 47.6 Å². The molecule has 0 fully saturated rings. The second-order valence-corrected chi connectivity index (χ2v) is 4.31. The largest absolute Gasteiger partial charge is 0.450 e. The molecule has 0 unspecified atom stereocenters. The Hall–Kier alpha value is -2.27. The van der Waals surface area contributed by atoms with Crippen LogP contribution in [0.15, 0.2) is 42.6 Å². The van der Waals surface area contributed by atoms with E-state index in [2.05, 4.69) is 15.6 Å². The summed E-state index contributed by atoms with van der Waals surface area (Å²) in [6.07, 6.45) is 1.16. The summed E-state index contributed by atoms with van der Waals surface area (Å²) in [7, 11) is 0. The minimum atomic E-state index is -0.515. The van der Waals surface area contributed by atoms with Crippen molar-refractivity contribution in [2.45, 2.75) is 6.92 Å². The molecule has 2 aromatic rings. The Labute approximate surface area is 121 Å². The number of ether oxygens (including phenoxy) is 1. The Morgan fingerprint density at radius 2 is 2.15 bits per heavy atom. The number of nitrogens with one attached hydrogen (secondary N) is 2. The number of amides is 1. The molecular weight excluding hydrogens is 278 g/mol. The molecule has 0 atom stereocenters. The van der Waals surface area contributed by atoms with Gasteiger partial charge in [0.2, 0.25) is 0 Å². The molecular formula is C14H14ClN3O2. The van der Waals surface area contributed by atoms with Crippen LogP contribution in [0.3, 0.4) is 0 Å². The minimum absolute atomic E-state index is 0.308. The molecule has 0 saturated heterocycles. The van der Waals surface area contributed by atoms with Gasteiger partial charge in [-0.25, -0.2) is 9.78 Å². The quantitative estimate of drug-likeness (QED) is 0.892. The summed E-state index contributed by atoms with van der Waals surface area (Å²) in [5, 5.41) is 6.30. The number of halogens is 1. The minimum Gasteiger partial charge on any atom is -0.450 e. The van der Waals surface area contributed by atoms with Gasteiger partial charge < -0.3 is 10.1 Å². The monoisotopic (exact) mass is 291 g/mol. The fourth-order valence-electron chi connectivity index (χ4n) is 1.58. The average Bonchev–Trinajstić information content (AvgIpc) is 2.43. The van der Waals surface area contributed by atoms with Crippen LogP contribution < -0.4 is 10.6 Å². The predicted octanol–water partition coefficient (Wildman–Crippen LogP) is 4.05. The van der Waals surface area contributed by atoms with Crippen LogP contribution in [0.25, 0.3) is 0 Å². The van der Waals surface area contributed by atoms with Gasteiger partial charge in [0.05, 0.1) is 18.0 Å². The maximum Gasteiger partial charge on any atom is 0.411 e. The number of aromatic nitrogens is 1. The van der Waals surface area contributed by atoms with E-state index in [1.807, 2.05) is 18.2 Å². The number of nitrogens with zero attached hydrogens (tertiary/aromatic N) is 1. The topological polar surface area (TPSA) is 63.2 Å². The summed E-state index contributed by atoms with van der Waals surface area (Å²) in [5.41, 5.74) is 1.21. The van der Waals surface area contributed by atoms with Gasteiger partial charge in [-0.15, -0.1) is 0 Å². The lowest BCUT2D eigenvalue weighted by Crippen LogP contribution is -2.14. The predicted molar refractivity (Wildman–Crippen MR) is 79.6 cm³/mol. The zero-order valence-corrected chi connectivity index (χ0v) is 11.6. The maximum atomic E-state index is 11.5. The Balaban J connectivity index is 2.22. The Morgan fingerprint density at radius 3 is 2.85 bits per heavy atom. The van der Waals surface area contributed by atoms with Gasteiger partial charge in [-0.2, -0.15) is 0 Å². The standard InChI is InChI=1S/C14H14ClN3O2/c1-2-20-14(19)18-11-7-6-10(15)9-12(11)17-13-5-3-4-8-16-13/h3-9H,2H2,1H3,(H,16,17)(H,18,19). The van der Waals surface area contributed by atoms with Crippen molar-refractivity contribution < 1.29 is 9.53 Å². The Kier molecular flexibility index (Phi) is 4.79. The number of pyridine rings is 1. The summed E-state index contributed by atoms with van der Waals surface area (Å²) in [6, 6.07) is 10.6. The number of hydrogen-bond acceptors (Lipinski definition) is 4. The van der Waals surface area contributed by atoms with E-state index in [1.165, 1.54) is 0 Å². The molecule has 0 aliphatic rings. The molecule has 2 rings (SSSR count). The molecule has 0 radical (unpaired) electrons. The summed E-state index contributed by atoms with van der Waals surface area (Å²) >= 11 is 5.98. The van der Waals surface area contributed by atoms with Crippen molar-refractivity contribution in [1.82, 2.24) is 4.98 Å². The van der Waals surface area contributed by atoms with E-state index >= 15 is 0 Å². The highest BCUT2D eigenvalue weighted by Gasteiger charge is 2.08. The fourth-order valence-corrected chi connectivity index (χ4v) is 1.75. The molecule has 2 N–H and O–H groups in total. The normalized spacial score (nSPS) is 9.90. The van der Waals surface area contributed by atoms with E-state index in [1.54, 1.807) is 31.3 Å². The summed E-state index contributed by atoms with van der Waals surface area (Å²) < 4.78 is 4.85. The van der Waals surface area contributed by atoms with E-state index in [0.717, 1.165) is 0 Å². The van der Waals surface area contributed by atoms with Crippen molar-refractivity contribution in [2.24, 2.45) is 0 Å². The van der Waals surface area contributed by atoms with Gasteiger partial charge in [0.25, 0.3) is 0 Å². The number of hydrogen-bond donors (Lipinski definition) is 2. The van der Waals surface area contributed by atoms with Crippen molar-refractivity contribution in [2.75, 3.05) is 17.2 Å². The van der Waals surface area contributed by atoms with Crippen LogP contribution >= 0.6 is 11.6 Å². The number of benzene rings is 1. The molecule has 20 heavy (non-hydrogen) atoms. The first-order chi connectivity index (χ1) is 9.69. The van der Waals surface area contributed by atoms with Crippen LogP contribution in [0.4, 0.5) is 22.0 Å². The van der Waals surface area contributed by atoms with Crippen LogP contribution in [0.5, 0.6) is 0 Å². The number of rotatable bonds is 4. The zero-order valence-electron chi connectivity index (χ0n) is 10.9. The van der Waals surface area contributed by atoms with Gasteiger partial charge in [0.1, 0.15) is 5.82 Å². The molecule has 0 bridgehead atoms. The number of carbonyl (C=O) groups excluding carboxylic acids is 1. The molecule has 104 valence electrons. The van der Waals surface area contributed by atoms with E-state index in [0.29, 0.717) is 28.8 Å². The lowest BCUT2D eigenvalue weighted by atomic mass is 10.2. The highest BCUT2D eigenvalue weighted by Crippen LogP contribution is 2.28. The smallest absolute Gasteiger partial charge is 0.411 e. The lowest BCUT2D eigenvalue weighted by molar-refractivity contribution is 0.168. The van der Waals surface area contributed by atoms with Crippen molar-refractivity contribution >= 4 is 34.9 Å². The van der Waals surface area contributed by atoms with Crippen LogP contribution in [0, 0.1) is 0 Å². The molecule has 0 spiro atoms. The molecule has 1 aromatic carbocycles. The molecule has 0 aliphatic carbocycles. The van der Waals surface area contributed by atoms with Gasteiger partial charge in [-0.05, 0) is 37.3 Å². The summed E-state index contributed by atoms with van der Waals surface area (Å²) in [6.45, 7) is 2.05. The second-order valence-electron chi connectivity index (χ2n) is 3.88. The highest BCUT2D eigenvalue weighted by molar-refractivity contribution is 6.31. The summed E-state index contributed by atoms with van der Waals surface area (Å²) in [4.78, 5) is 15.7. The maximum absolute atomic E-state index is 11.5. The van der Waals surface area contributed by atoms with E-state index in [-0.39, 0.29) is 0 Å². The number of carbonyl (C=O) groups is 1. The van der Waals surface area contributed by atoms with Crippen LogP contribution in [0.2, 0.25) is 5.02 Å². The van der Waals surface area contributed by atoms with E-state index in [4.69, 9.17) is 16.3 Å². The lowest BCUT2D eigenvalue weighted by Gasteiger charge is -2.12. The van der Waals surface area contributed by atoms with Crippen molar-refractivity contribution in [3.8, 4) is 0 Å². The first kappa shape index (κ1) is 14.1. The number of anilines is 3. The molecule has 5 nitrogen and oxygen atoms in total. The van der Waals surface area contributed by atoms with Crippen molar-refractivity contribution in [1.29, 1.82) is 0 Å². The van der Waals surface area contributed by atoms with Gasteiger partial charge in [-0.3, -0.25) is 5.32 Å². The third-order valence-corrected chi connectivity index (χ3v) is 2.66. The third-order valence-electron chi connectivity index (χ3n) is 2.42. The van der Waals surface area contributed by atoms with Crippen LogP contribution in [-0.2, 0) is 4.74 Å². The first-order valence-electron chi connectivity index (χ1n) is 6.10. The Morgan fingerprint density at radius 1 is 1.30 bits per heavy atom. The Bertz CT molecular complexity index is 590. The molecule has 1 amide bonds. The average molecular weight is 292 g/mol. The van der Waals surface area contributed by atoms with Crippen LogP contribution in [-0.4, -0.2) is 17.7 Å². The summed E-state index contributed by atoms with van der Waals surface area (Å²) in [5.74, 6) is 0.654. The molecule has 1 aromatic heterocycles. The fraction of sp³-hybridized carbons (Fsp3) is 0.143. The second kappa shape index (κ2) is 6.77. The molecule has 6 heteroatoms. The van der Waals surface area contributed by atoms with E-state index < -0.39 is 6.09 Å². The highest BCUT2D eigenvalue weighted by atomic mass is 35.5. The molecule has 0 saturated carbocycles. The first-order valence-corrected chi connectivity index (χ1v) is 6.48. The SMILES string of the molecule is CCOC(=O)Nc1ccc(Cl)cc1Nc1ccccn1. The van der Waals surface area contributed by atoms with Gasteiger partial charge >= 0.3 is 6.09 Å². The van der Waals surface area contributed by atoms with Gasteiger partial charge in [-0.1, -0.05) is 17.7 Å². The zero-order chi connectivity index (χ0) is 14.4. The third kappa shape index (κ3) is 3.86. The molecule has 1 heterocycles. The molecule has 0 aliphatic heterocycles. The van der Waals surface area contributed by atoms with Gasteiger partial charge in [0.15, 0.2) is 0 Å². The van der Waals surface area contributed by atoms with Crippen molar-refractivity contribution in [3.63, 3.8) is 0 Å². The van der Waals surface area contributed by atoms with Gasteiger partial charge in [0, 0.05) is 11.2 Å². The van der Waals surface area contributed by atoms with E-state index in [9.17, 15) is 4.79 Å².